The minimum atomic E-state index is -0.125. The number of allylic oxidation sites excluding steroid dienone is 1. The molecule has 0 bridgehead atoms. The average molecular weight is 240 g/mol. The van der Waals surface area contributed by atoms with Crippen LogP contribution in [0.4, 0.5) is 0 Å². The molecular weight excluding hydrogens is 216 g/mol. The van der Waals surface area contributed by atoms with Gasteiger partial charge in [-0.1, -0.05) is 27.7 Å². The lowest BCUT2D eigenvalue weighted by Crippen LogP contribution is -2.26. The van der Waals surface area contributed by atoms with Crippen LogP contribution in [0.2, 0.25) is 0 Å². The molecule has 0 amide bonds. The molecule has 0 aliphatic heterocycles. The molecule has 3 N–H and O–H groups in total. The van der Waals surface area contributed by atoms with E-state index in [2.05, 4.69) is 29.6 Å². The van der Waals surface area contributed by atoms with E-state index in [0.29, 0.717) is 6.04 Å². The van der Waals surface area contributed by atoms with E-state index in [4.69, 9.17) is 5.53 Å². The summed E-state index contributed by atoms with van der Waals surface area (Å²) >= 11 is 0. The zero-order chi connectivity index (χ0) is 13.3. The van der Waals surface area contributed by atoms with Gasteiger partial charge in [0.1, 0.15) is 5.70 Å². The predicted molar refractivity (Wildman–Crippen MR) is 68.8 cm³/mol. The van der Waals surface area contributed by atoms with Gasteiger partial charge in [-0.25, -0.2) is 5.53 Å². The Hall–Kier alpha value is -1.23. The van der Waals surface area contributed by atoms with Crippen molar-refractivity contribution in [2.45, 2.75) is 40.2 Å². The van der Waals surface area contributed by atoms with E-state index in [9.17, 15) is 4.79 Å². The molecule has 0 saturated carbocycles. The fourth-order valence-electron chi connectivity index (χ4n) is 1.20. The smallest absolute Gasteiger partial charge is 0.187 e. The van der Waals surface area contributed by atoms with E-state index < -0.39 is 0 Å². The van der Waals surface area contributed by atoms with Crippen LogP contribution in [0.1, 0.15) is 34.1 Å². The Morgan fingerprint density at radius 1 is 1.29 bits per heavy atom. The SMILES string of the molecule is CC(C)NCCCN/C=C(\N=N)C(=O)C(C)C. The van der Waals surface area contributed by atoms with E-state index in [0.717, 1.165) is 19.5 Å². The number of rotatable bonds is 9. The van der Waals surface area contributed by atoms with Crippen molar-refractivity contribution in [3.8, 4) is 0 Å². The number of ketones is 1. The number of nitrogens with one attached hydrogen (secondary N) is 3. The van der Waals surface area contributed by atoms with E-state index >= 15 is 0 Å². The van der Waals surface area contributed by atoms with Gasteiger partial charge in [-0.15, -0.1) is 0 Å². The summed E-state index contributed by atoms with van der Waals surface area (Å²) in [5, 5.41) is 9.55. The molecule has 0 radical (unpaired) electrons. The zero-order valence-electron chi connectivity index (χ0n) is 11.2. The lowest BCUT2D eigenvalue weighted by Gasteiger charge is -2.08. The van der Waals surface area contributed by atoms with Crippen LogP contribution in [-0.4, -0.2) is 24.9 Å². The molecule has 0 saturated heterocycles. The largest absolute Gasteiger partial charge is 0.389 e. The van der Waals surface area contributed by atoms with Gasteiger partial charge in [0.05, 0.1) is 0 Å². The van der Waals surface area contributed by atoms with Crippen LogP contribution in [0.25, 0.3) is 0 Å². The van der Waals surface area contributed by atoms with E-state index in [1.807, 2.05) is 0 Å². The average Bonchev–Trinajstić information content (AvgIpc) is 2.27. The molecule has 0 aliphatic rings. The fourth-order valence-corrected chi connectivity index (χ4v) is 1.20. The highest BCUT2D eigenvalue weighted by Gasteiger charge is 2.12. The first kappa shape index (κ1) is 15.8. The first-order valence-corrected chi connectivity index (χ1v) is 6.07. The van der Waals surface area contributed by atoms with Crippen LogP contribution in [0, 0.1) is 11.4 Å². The maximum Gasteiger partial charge on any atom is 0.187 e. The number of nitrogens with zero attached hydrogens (tertiary/aromatic N) is 1. The van der Waals surface area contributed by atoms with Crippen molar-refractivity contribution in [1.82, 2.24) is 10.6 Å². The quantitative estimate of drug-likeness (QED) is 0.328. The van der Waals surface area contributed by atoms with Crippen LogP contribution >= 0.6 is 0 Å². The maximum absolute atomic E-state index is 11.5. The predicted octanol–water partition coefficient (Wildman–Crippen LogP) is 2.06. The summed E-state index contributed by atoms with van der Waals surface area (Å²) in [6, 6.07) is 0.492. The van der Waals surface area contributed by atoms with Crippen molar-refractivity contribution in [3.63, 3.8) is 0 Å². The summed E-state index contributed by atoms with van der Waals surface area (Å²) in [6.07, 6.45) is 2.50. The minimum absolute atomic E-state index is 0.104. The molecule has 0 atom stereocenters. The van der Waals surface area contributed by atoms with Crippen LogP contribution in [-0.2, 0) is 4.79 Å². The summed E-state index contributed by atoms with van der Waals surface area (Å²) < 4.78 is 0. The van der Waals surface area contributed by atoms with Crippen molar-refractivity contribution >= 4 is 5.78 Å². The molecular formula is C12H24N4O. The highest BCUT2D eigenvalue weighted by Crippen LogP contribution is 2.05. The Labute approximate surface area is 104 Å². The molecule has 0 spiro atoms. The van der Waals surface area contributed by atoms with Gasteiger partial charge in [0, 0.05) is 24.7 Å². The zero-order valence-corrected chi connectivity index (χ0v) is 11.2. The molecule has 5 heteroatoms. The van der Waals surface area contributed by atoms with Gasteiger partial charge in [0.15, 0.2) is 5.78 Å². The van der Waals surface area contributed by atoms with Crippen molar-refractivity contribution in [1.29, 1.82) is 5.53 Å². The molecule has 0 rings (SSSR count). The number of Topliss-reactive ketones (excluding diaryl/α,β-unsaturated/α-hetero) is 1. The Balaban J connectivity index is 3.88. The summed E-state index contributed by atoms with van der Waals surface area (Å²) in [5.74, 6) is -0.229. The first-order valence-electron chi connectivity index (χ1n) is 6.07. The van der Waals surface area contributed by atoms with Crippen molar-refractivity contribution in [2.24, 2.45) is 11.0 Å². The molecule has 0 unspecified atom stereocenters. The number of hydrogen-bond acceptors (Lipinski definition) is 5. The van der Waals surface area contributed by atoms with Gasteiger partial charge >= 0.3 is 0 Å². The molecule has 0 aromatic heterocycles. The molecule has 0 aliphatic carbocycles. The summed E-state index contributed by atoms with van der Waals surface area (Å²) in [4.78, 5) is 11.5. The normalized spacial score (nSPS) is 12.0. The highest BCUT2D eigenvalue weighted by atomic mass is 16.1. The van der Waals surface area contributed by atoms with Gasteiger partial charge in [0.2, 0.25) is 0 Å². The second-order valence-electron chi connectivity index (χ2n) is 4.58. The standard InChI is InChI=1S/C12H24N4O/c1-9(2)12(17)11(16-13)8-14-6-5-7-15-10(3)4/h8-10,13-15H,5-7H2,1-4H3/b11-8-,16-13?. The summed E-state index contributed by atoms with van der Waals surface area (Å²) in [5.41, 5.74) is 7.13. The highest BCUT2D eigenvalue weighted by molar-refractivity contribution is 5.96. The van der Waals surface area contributed by atoms with E-state index in [1.165, 1.54) is 6.20 Å². The van der Waals surface area contributed by atoms with E-state index in [1.54, 1.807) is 13.8 Å². The molecule has 0 fully saturated rings. The number of hydrogen-bond donors (Lipinski definition) is 3. The minimum Gasteiger partial charge on any atom is -0.389 e. The Morgan fingerprint density at radius 3 is 2.41 bits per heavy atom. The summed E-state index contributed by atoms with van der Waals surface area (Å²) in [6.45, 7) is 9.51. The van der Waals surface area contributed by atoms with Crippen LogP contribution < -0.4 is 10.6 Å². The third-order valence-corrected chi connectivity index (χ3v) is 2.19. The Bertz CT molecular complexity index is 272. The van der Waals surface area contributed by atoms with Gasteiger partial charge in [-0.2, -0.15) is 5.11 Å². The number of carbonyl (C=O) groups is 1. The maximum atomic E-state index is 11.5. The molecule has 98 valence electrons. The van der Waals surface area contributed by atoms with Gasteiger partial charge < -0.3 is 10.6 Å². The third kappa shape index (κ3) is 7.63. The van der Waals surface area contributed by atoms with Crippen molar-refractivity contribution < 1.29 is 4.79 Å². The molecule has 0 aromatic carbocycles. The molecule has 0 aromatic rings. The second kappa shape index (κ2) is 8.87. The molecule has 5 nitrogen and oxygen atoms in total. The fraction of sp³-hybridized carbons (Fsp3) is 0.750. The van der Waals surface area contributed by atoms with Crippen molar-refractivity contribution in [2.75, 3.05) is 13.1 Å². The number of carbonyl (C=O) groups excluding carboxylic acids is 1. The molecule has 0 heterocycles. The lowest BCUT2D eigenvalue weighted by molar-refractivity contribution is -0.118. The Kier molecular flexibility index (Phi) is 8.23. The first-order chi connectivity index (χ1) is 7.99. The van der Waals surface area contributed by atoms with Crippen LogP contribution in [0.3, 0.4) is 0 Å². The van der Waals surface area contributed by atoms with Gasteiger partial charge in [-0.05, 0) is 13.0 Å². The third-order valence-electron chi connectivity index (χ3n) is 2.19. The lowest BCUT2D eigenvalue weighted by atomic mass is 10.1. The molecule has 17 heavy (non-hydrogen) atoms. The van der Waals surface area contributed by atoms with Crippen LogP contribution in [0.5, 0.6) is 0 Å². The Morgan fingerprint density at radius 2 is 1.94 bits per heavy atom. The second-order valence-corrected chi connectivity index (χ2v) is 4.58. The van der Waals surface area contributed by atoms with Crippen LogP contribution in [0.15, 0.2) is 17.0 Å². The summed E-state index contributed by atoms with van der Waals surface area (Å²) in [7, 11) is 0. The van der Waals surface area contributed by atoms with Gasteiger partial charge in [0.25, 0.3) is 0 Å². The topological polar surface area (TPSA) is 77.3 Å². The van der Waals surface area contributed by atoms with Crippen molar-refractivity contribution in [3.05, 3.63) is 11.9 Å². The van der Waals surface area contributed by atoms with Gasteiger partial charge in [-0.3, -0.25) is 4.79 Å². The van der Waals surface area contributed by atoms with E-state index in [-0.39, 0.29) is 17.4 Å². The monoisotopic (exact) mass is 240 g/mol.